The van der Waals surface area contributed by atoms with Gasteiger partial charge in [-0.05, 0) is 24.8 Å². The summed E-state index contributed by atoms with van der Waals surface area (Å²) in [6, 6.07) is 7.67. The summed E-state index contributed by atoms with van der Waals surface area (Å²) in [7, 11) is 1.89. The maximum absolute atomic E-state index is 12.7. The molecule has 0 aliphatic heterocycles. The Labute approximate surface area is 122 Å². The van der Waals surface area contributed by atoms with Crippen LogP contribution in [-0.2, 0) is 11.8 Å². The third kappa shape index (κ3) is 2.77. The molecule has 1 fully saturated rings. The number of hydrogen-bond donors (Lipinski definition) is 1. The van der Waals surface area contributed by atoms with E-state index in [4.69, 9.17) is 5.11 Å². The minimum atomic E-state index is -0.968. The molecule has 0 atom stereocenters. The van der Waals surface area contributed by atoms with Crippen LogP contribution in [-0.4, -0.2) is 39.5 Å². The van der Waals surface area contributed by atoms with Crippen LogP contribution in [0.25, 0.3) is 10.9 Å². The zero-order chi connectivity index (χ0) is 15.0. The van der Waals surface area contributed by atoms with Crippen molar-refractivity contribution in [2.24, 2.45) is 13.0 Å². The van der Waals surface area contributed by atoms with Gasteiger partial charge in [-0.2, -0.15) is 0 Å². The Bertz CT molecular complexity index is 701. The second-order valence-electron chi connectivity index (χ2n) is 5.69. The molecule has 1 N–H and O–H groups in total. The summed E-state index contributed by atoms with van der Waals surface area (Å²) in [5.41, 5.74) is 1.55. The summed E-state index contributed by atoms with van der Waals surface area (Å²) in [6.07, 6.45) is 3.95. The first-order valence-electron chi connectivity index (χ1n) is 7.11. The number of carboxylic acids is 1. The zero-order valence-corrected chi connectivity index (χ0v) is 12.0. The highest BCUT2D eigenvalue weighted by atomic mass is 16.4. The van der Waals surface area contributed by atoms with Gasteiger partial charge in [-0.1, -0.05) is 18.2 Å². The van der Waals surface area contributed by atoms with E-state index in [2.05, 4.69) is 0 Å². The number of rotatable bonds is 5. The largest absolute Gasteiger partial charge is 0.480 e. The molecular formula is C16H18N2O3. The number of carboxylic acid groups (broad SMARTS) is 1. The number of aryl methyl sites for hydroxylation is 1. The molecule has 1 aromatic carbocycles. The van der Waals surface area contributed by atoms with Crippen LogP contribution in [0, 0.1) is 5.92 Å². The summed E-state index contributed by atoms with van der Waals surface area (Å²) in [6.45, 7) is 0.299. The van der Waals surface area contributed by atoms with Crippen LogP contribution in [0.2, 0.25) is 0 Å². The first-order chi connectivity index (χ1) is 10.1. The molecule has 0 bridgehead atoms. The average molecular weight is 286 g/mol. The number of para-hydroxylation sites is 1. The molecule has 5 heteroatoms. The summed E-state index contributed by atoms with van der Waals surface area (Å²) in [4.78, 5) is 25.2. The molecule has 1 aliphatic carbocycles. The number of nitrogens with zero attached hydrogens (tertiary/aromatic N) is 2. The number of fused-ring (bicyclic) bond motifs is 1. The van der Waals surface area contributed by atoms with Crippen LogP contribution in [0.5, 0.6) is 0 Å². The third-order valence-electron chi connectivity index (χ3n) is 3.92. The second kappa shape index (κ2) is 5.24. The van der Waals surface area contributed by atoms with Crippen LogP contribution in [0.15, 0.2) is 30.5 Å². The fraction of sp³-hybridized carbons (Fsp3) is 0.375. The molecule has 0 spiro atoms. The average Bonchev–Trinajstić information content (AvgIpc) is 3.20. The molecule has 0 radical (unpaired) electrons. The number of aromatic nitrogens is 1. The first kappa shape index (κ1) is 13.7. The monoisotopic (exact) mass is 286 g/mol. The van der Waals surface area contributed by atoms with Gasteiger partial charge in [0.15, 0.2) is 0 Å². The Morgan fingerprint density at radius 1 is 1.33 bits per heavy atom. The van der Waals surface area contributed by atoms with E-state index >= 15 is 0 Å². The molecule has 1 aromatic heterocycles. The van der Waals surface area contributed by atoms with Gasteiger partial charge in [-0.3, -0.25) is 9.59 Å². The fourth-order valence-corrected chi connectivity index (χ4v) is 2.68. The van der Waals surface area contributed by atoms with E-state index in [9.17, 15) is 9.59 Å². The molecule has 110 valence electrons. The van der Waals surface area contributed by atoms with Gasteiger partial charge >= 0.3 is 5.97 Å². The molecule has 1 saturated carbocycles. The summed E-state index contributed by atoms with van der Waals surface area (Å²) in [5, 5.41) is 9.90. The maximum Gasteiger partial charge on any atom is 0.323 e. The predicted molar refractivity (Wildman–Crippen MR) is 79.2 cm³/mol. The van der Waals surface area contributed by atoms with E-state index in [-0.39, 0.29) is 12.5 Å². The number of carbonyl (C=O) groups excluding carboxylic acids is 1. The highest BCUT2D eigenvalue weighted by molar-refractivity contribution is 6.07. The lowest BCUT2D eigenvalue weighted by Gasteiger charge is -2.20. The molecule has 1 aliphatic rings. The molecule has 5 nitrogen and oxygen atoms in total. The summed E-state index contributed by atoms with van der Waals surface area (Å²) >= 11 is 0. The lowest BCUT2D eigenvalue weighted by molar-refractivity contribution is -0.137. The normalized spacial score (nSPS) is 14.3. The van der Waals surface area contributed by atoms with Gasteiger partial charge in [0.05, 0.1) is 5.56 Å². The Kier molecular flexibility index (Phi) is 3.41. The van der Waals surface area contributed by atoms with Crippen molar-refractivity contribution in [1.82, 2.24) is 9.47 Å². The minimum absolute atomic E-state index is 0.193. The number of carbonyl (C=O) groups is 2. The molecule has 3 rings (SSSR count). The van der Waals surface area contributed by atoms with E-state index in [1.807, 2.05) is 35.9 Å². The maximum atomic E-state index is 12.7. The number of benzene rings is 1. The van der Waals surface area contributed by atoms with Crippen LogP contribution < -0.4 is 0 Å². The molecule has 0 saturated heterocycles. The van der Waals surface area contributed by atoms with Crippen LogP contribution >= 0.6 is 0 Å². The van der Waals surface area contributed by atoms with Gasteiger partial charge in [0.25, 0.3) is 5.91 Å². The zero-order valence-electron chi connectivity index (χ0n) is 12.0. The molecule has 1 amide bonds. The number of hydrogen-bond acceptors (Lipinski definition) is 2. The highest BCUT2D eigenvalue weighted by Crippen LogP contribution is 2.30. The fourth-order valence-electron chi connectivity index (χ4n) is 2.68. The van der Waals surface area contributed by atoms with Crippen molar-refractivity contribution in [2.45, 2.75) is 12.8 Å². The van der Waals surface area contributed by atoms with Gasteiger partial charge in [0.2, 0.25) is 0 Å². The van der Waals surface area contributed by atoms with Crippen molar-refractivity contribution < 1.29 is 14.7 Å². The smallest absolute Gasteiger partial charge is 0.323 e. The standard InChI is InChI=1S/C16H18N2O3/c1-17-9-13(12-4-2-3-5-14(12)17)16(21)18(10-15(19)20)8-11-6-7-11/h2-5,9,11H,6-8,10H2,1H3,(H,19,20). The van der Waals surface area contributed by atoms with Crippen LogP contribution in [0.1, 0.15) is 23.2 Å². The van der Waals surface area contributed by atoms with Gasteiger partial charge in [0, 0.05) is 30.7 Å². The molecule has 21 heavy (non-hydrogen) atoms. The topological polar surface area (TPSA) is 62.5 Å². The van der Waals surface area contributed by atoms with Gasteiger partial charge in [-0.15, -0.1) is 0 Å². The van der Waals surface area contributed by atoms with Crippen molar-refractivity contribution in [1.29, 1.82) is 0 Å². The van der Waals surface area contributed by atoms with Crippen molar-refractivity contribution >= 4 is 22.8 Å². The van der Waals surface area contributed by atoms with E-state index in [1.165, 1.54) is 4.90 Å². The lowest BCUT2D eigenvalue weighted by atomic mass is 10.1. The van der Waals surface area contributed by atoms with Crippen molar-refractivity contribution in [3.63, 3.8) is 0 Å². The number of amides is 1. The molecule has 1 heterocycles. The van der Waals surface area contributed by atoms with Crippen molar-refractivity contribution in [2.75, 3.05) is 13.1 Å². The molecule has 2 aromatic rings. The van der Waals surface area contributed by atoms with Crippen LogP contribution in [0.3, 0.4) is 0 Å². The van der Waals surface area contributed by atoms with Crippen LogP contribution in [0.4, 0.5) is 0 Å². The van der Waals surface area contributed by atoms with Crippen molar-refractivity contribution in [3.05, 3.63) is 36.0 Å². The quantitative estimate of drug-likeness (QED) is 0.915. The molecule has 0 unspecified atom stereocenters. The SMILES string of the molecule is Cn1cc(C(=O)N(CC(=O)O)CC2CC2)c2ccccc21. The van der Waals surface area contributed by atoms with Gasteiger partial charge < -0.3 is 14.6 Å². The van der Waals surface area contributed by atoms with Crippen molar-refractivity contribution in [3.8, 4) is 0 Å². The van der Waals surface area contributed by atoms with E-state index < -0.39 is 5.97 Å². The Morgan fingerprint density at radius 3 is 2.71 bits per heavy atom. The molecular weight excluding hydrogens is 268 g/mol. The van der Waals surface area contributed by atoms with E-state index in [0.717, 1.165) is 23.7 Å². The lowest BCUT2D eigenvalue weighted by Crippen LogP contribution is -2.37. The van der Waals surface area contributed by atoms with Gasteiger partial charge in [0.1, 0.15) is 6.54 Å². The Morgan fingerprint density at radius 2 is 2.05 bits per heavy atom. The summed E-state index contributed by atoms with van der Waals surface area (Å²) in [5.74, 6) is -0.700. The van der Waals surface area contributed by atoms with E-state index in [0.29, 0.717) is 18.0 Å². The first-order valence-corrected chi connectivity index (χ1v) is 7.11. The Balaban J connectivity index is 1.94. The second-order valence-corrected chi connectivity index (χ2v) is 5.69. The number of aliphatic carboxylic acids is 1. The predicted octanol–water partition coefficient (Wildman–Crippen LogP) is 2.12. The van der Waals surface area contributed by atoms with Gasteiger partial charge in [-0.25, -0.2) is 0 Å². The minimum Gasteiger partial charge on any atom is -0.480 e. The third-order valence-corrected chi connectivity index (χ3v) is 3.92. The van der Waals surface area contributed by atoms with E-state index in [1.54, 1.807) is 6.20 Å². The summed E-state index contributed by atoms with van der Waals surface area (Å²) < 4.78 is 1.90. The Hall–Kier alpha value is -2.30. The highest BCUT2D eigenvalue weighted by Gasteiger charge is 2.29.